The van der Waals surface area contributed by atoms with Crippen molar-refractivity contribution < 1.29 is 23.8 Å². The third-order valence-electron chi connectivity index (χ3n) is 6.26. The van der Waals surface area contributed by atoms with E-state index in [2.05, 4.69) is 10.3 Å². The Labute approximate surface area is 198 Å². The maximum atomic E-state index is 14.2. The number of aromatic hydroxyl groups is 1. The molecule has 2 unspecified atom stereocenters. The molecule has 2 aromatic carbocycles. The Morgan fingerprint density at radius 1 is 1.18 bits per heavy atom. The maximum absolute atomic E-state index is 14.2. The van der Waals surface area contributed by atoms with Crippen LogP contribution in [-0.2, 0) is 11.3 Å². The van der Waals surface area contributed by atoms with Crippen LogP contribution in [0.15, 0.2) is 54.9 Å². The standard InChI is InChI=1S/C27H27FN2O4/c1-16-21(9-18-10-24(33-2)27(32)25(11-18)34-3)20-7-6-19(28)12-23(20)22(16)13-26(31)30-15-17-5-4-8-29-14-17/h4-12,14,16,22,32H,13,15H2,1-3H3,(H,30,31). The Balaban J connectivity index is 1.63. The number of hydrogen-bond acceptors (Lipinski definition) is 5. The number of carbonyl (C=O) groups excluding carboxylic acids is 1. The Morgan fingerprint density at radius 2 is 1.91 bits per heavy atom. The van der Waals surface area contributed by atoms with Crippen LogP contribution in [0, 0.1) is 11.7 Å². The highest BCUT2D eigenvalue weighted by atomic mass is 19.1. The summed E-state index contributed by atoms with van der Waals surface area (Å²) in [5.41, 5.74) is 4.38. The molecule has 1 aliphatic rings. The lowest BCUT2D eigenvalue weighted by Crippen LogP contribution is -2.25. The molecule has 0 fully saturated rings. The summed E-state index contributed by atoms with van der Waals surface area (Å²) in [5, 5.41) is 13.2. The van der Waals surface area contributed by atoms with Gasteiger partial charge in [-0.15, -0.1) is 0 Å². The number of carbonyl (C=O) groups is 1. The highest BCUT2D eigenvalue weighted by Gasteiger charge is 2.35. The molecule has 0 bridgehead atoms. The predicted molar refractivity (Wildman–Crippen MR) is 128 cm³/mol. The van der Waals surface area contributed by atoms with Gasteiger partial charge in [-0.2, -0.15) is 0 Å². The van der Waals surface area contributed by atoms with Crippen LogP contribution in [0.4, 0.5) is 4.39 Å². The molecule has 1 aliphatic carbocycles. The van der Waals surface area contributed by atoms with Crippen molar-refractivity contribution in [3.8, 4) is 17.2 Å². The number of amides is 1. The fraction of sp³-hybridized carbons (Fsp3) is 0.259. The van der Waals surface area contributed by atoms with Crippen molar-refractivity contribution in [2.75, 3.05) is 14.2 Å². The number of methoxy groups -OCH3 is 2. The number of ether oxygens (including phenoxy) is 2. The molecule has 6 nitrogen and oxygen atoms in total. The van der Waals surface area contributed by atoms with E-state index in [1.165, 1.54) is 26.4 Å². The molecule has 0 spiro atoms. The molecule has 0 saturated carbocycles. The van der Waals surface area contributed by atoms with E-state index in [1.54, 1.807) is 30.6 Å². The van der Waals surface area contributed by atoms with Gasteiger partial charge in [0.15, 0.2) is 11.5 Å². The van der Waals surface area contributed by atoms with E-state index >= 15 is 0 Å². The Hall–Kier alpha value is -3.87. The van der Waals surface area contributed by atoms with Crippen molar-refractivity contribution in [2.45, 2.75) is 25.8 Å². The normalized spacial score (nSPS) is 17.9. The van der Waals surface area contributed by atoms with E-state index in [-0.39, 0.29) is 35.7 Å². The fourth-order valence-corrected chi connectivity index (χ4v) is 4.48. The largest absolute Gasteiger partial charge is 0.502 e. The summed E-state index contributed by atoms with van der Waals surface area (Å²) >= 11 is 0. The van der Waals surface area contributed by atoms with Crippen molar-refractivity contribution in [2.24, 2.45) is 5.92 Å². The van der Waals surface area contributed by atoms with E-state index in [0.717, 1.165) is 27.8 Å². The molecule has 1 amide bonds. The summed E-state index contributed by atoms with van der Waals surface area (Å²) in [6.45, 7) is 2.43. The van der Waals surface area contributed by atoms with Crippen LogP contribution in [-0.4, -0.2) is 30.2 Å². The zero-order valence-corrected chi connectivity index (χ0v) is 19.3. The van der Waals surface area contributed by atoms with Gasteiger partial charge in [-0.3, -0.25) is 9.78 Å². The van der Waals surface area contributed by atoms with Gasteiger partial charge in [0.05, 0.1) is 14.2 Å². The minimum Gasteiger partial charge on any atom is -0.502 e. The third kappa shape index (κ3) is 4.73. The molecule has 4 rings (SSSR count). The van der Waals surface area contributed by atoms with E-state index in [1.807, 2.05) is 25.1 Å². The smallest absolute Gasteiger partial charge is 0.220 e. The number of aromatic nitrogens is 1. The molecule has 34 heavy (non-hydrogen) atoms. The number of phenolic OH excluding ortho intramolecular Hbond substituents is 1. The second kappa shape index (κ2) is 9.95. The second-order valence-corrected chi connectivity index (χ2v) is 8.34. The third-order valence-corrected chi connectivity index (χ3v) is 6.26. The molecule has 176 valence electrons. The van der Waals surface area contributed by atoms with Crippen molar-refractivity contribution in [1.82, 2.24) is 10.3 Å². The molecule has 0 radical (unpaired) electrons. The number of nitrogens with zero attached hydrogens (tertiary/aromatic N) is 1. The van der Waals surface area contributed by atoms with Gasteiger partial charge in [0, 0.05) is 25.4 Å². The topological polar surface area (TPSA) is 80.7 Å². The molecule has 0 aliphatic heterocycles. The first kappa shape index (κ1) is 23.3. The summed E-state index contributed by atoms with van der Waals surface area (Å²) < 4.78 is 24.7. The molecule has 1 aromatic heterocycles. The first-order valence-electron chi connectivity index (χ1n) is 11.0. The number of pyridine rings is 1. The number of hydrogen-bond donors (Lipinski definition) is 2. The number of nitrogens with one attached hydrogen (secondary N) is 1. The van der Waals surface area contributed by atoms with E-state index in [0.29, 0.717) is 18.0 Å². The van der Waals surface area contributed by atoms with Gasteiger partial charge in [-0.1, -0.05) is 25.1 Å². The van der Waals surface area contributed by atoms with Gasteiger partial charge in [0.25, 0.3) is 0 Å². The number of allylic oxidation sites excluding steroid dienone is 1. The maximum Gasteiger partial charge on any atom is 0.220 e. The number of benzene rings is 2. The van der Waals surface area contributed by atoms with Crippen LogP contribution < -0.4 is 14.8 Å². The van der Waals surface area contributed by atoms with Crippen LogP contribution in [0.3, 0.4) is 0 Å². The van der Waals surface area contributed by atoms with Crippen LogP contribution in [0.25, 0.3) is 11.6 Å². The summed E-state index contributed by atoms with van der Waals surface area (Å²) in [4.78, 5) is 16.8. The predicted octanol–water partition coefficient (Wildman–Crippen LogP) is 4.92. The van der Waals surface area contributed by atoms with E-state index in [4.69, 9.17) is 9.47 Å². The molecule has 3 aromatic rings. The van der Waals surface area contributed by atoms with E-state index in [9.17, 15) is 14.3 Å². The first-order chi connectivity index (χ1) is 16.4. The van der Waals surface area contributed by atoms with Gasteiger partial charge in [0.1, 0.15) is 5.82 Å². The summed E-state index contributed by atoms with van der Waals surface area (Å²) in [5.74, 6) is -0.133. The van der Waals surface area contributed by atoms with Gasteiger partial charge in [-0.05, 0) is 70.0 Å². The van der Waals surface area contributed by atoms with Crippen LogP contribution in [0.1, 0.15) is 41.5 Å². The molecule has 2 atom stereocenters. The molecule has 0 saturated heterocycles. The Kier molecular flexibility index (Phi) is 6.82. The zero-order chi connectivity index (χ0) is 24.2. The number of halogens is 1. The van der Waals surface area contributed by atoms with Crippen molar-refractivity contribution in [1.29, 1.82) is 0 Å². The van der Waals surface area contributed by atoms with Crippen molar-refractivity contribution in [3.63, 3.8) is 0 Å². The Morgan fingerprint density at radius 3 is 2.56 bits per heavy atom. The quantitative estimate of drug-likeness (QED) is 0.521. The average molecular weight is 463 g/mol. The van der Waals surface area contributed by atoms with Crippen LogP contribution >= 0.6 is 0 Å². The highest BCUT2D eigenvalue weighted by molar-refractivity contribution is 5.89. The van der Waals surface area contributed by atoms with E-state index < -0.39 is 0 Å². The van der Waals surface area contributed by atoms with Crippen LogP contribution in [0.5, 0.6) is 17.2 Å². The minimum absolute atomic E-state index is 0.0354. The molecule has 2 N–H and O–H groups in total. The molecule has 1 heterocycles. The summed E-state index contributed by atoms with van der Waals surface area (Å²) in [6, 6.07) is 11.9. The molecule has 7 heteroatoms. The Bertz CT molecular complexity index is 1200. The lowest BCUT2D eigenvalue weighted by atomic mass is 9.88. The number of phenols is 1. The van der Waals surface area contributed by atoms with Gasteiger partial charge in [0.2, 0.25) is 11.7 Å². The summed E-state index contributed by atoms with van der Waals surface area (Å²) in [6.07, 6.45) is 5.60. The minimum atomic E-state index is -0.332. The van der Waals surface area contributed by atoms with Crippen molar-refractivity contribution >= 4 is 17.6 Å². The summed E-state index contributed by atoms with van der Waals surface area (Å²) in [7, 11) is 2.95. The van der Waals surface area contributed by atoms with Gasteiger partial charge in [-0.25, -0.2) is 4.39 Å². The second-order valence-electron chi connectivity index (χ2n) is 8.34. The first-order valence-corrected chi connectivity index (χ1v) is 11.0. The molecular weight excluding hydrogens is 435 g/mol. The monoisotopic (exact) mass is 462 g/mol. The number of fused-ring (bicyclic) bond motifs is 1. The van der Waals surface area contributed by atoms with Gasteiger partial charge >= 0.3 is 0 Å². The zero-order valence-electron chi connectivity index (χ0n) is 19.3. The van der Waals surface area contributed by atoms with Gasteiger partial charge < -0.3 is 19.9 Å². The van der Waals surface area contributed by atoms with Crippen molar-refractivity contribution in [3.05, 3.63) is 82.9 Å². The average Bonchev–Trinajstić information content (AvgIpc) is 3.09. The SMILES string of the molecule is COc1cc(C=C2c3ccc(F)cc3C(CC(=O)NCc3cccnc3)C2C)cc(OC)c1O. The van der Waals surface area contributed by atoms with Crippen LogP contribution in [0.2, 0.25) is 0 Å². The lowest BCUT2D eigenvalue weighted by molar-refractivity contribution is -0.121. The molecular formula is C27H27FN2O4. The number of rotatable bonds is 7. The highest BCUT2D eigenvalue weighted by Crippen LogP contribution is 2.49. The fourth-order valence-electron chi connectivity index (χ4n) is 4.48. The lowest BCUT2D eigenvalue weighted by Gasteiger charge is -2.17.